The molecule has 1 heterocycles. The summed E-state index contributed by atoms with van der Waals surface area (Å²) >= 11 is 0. The van der Waals surface area contributed by atoms with Gasteiger partial charge in [-0.25, -0.2) is 4.79 Å². The predicted octanol–water partition coefficient (Wildman–Crippen LogP) is 3.86. The summed E-state index contributed by atoms with van der Waals surface area (Å²) in [5.41, 5.74) is 1.88. The van der Waals surface area contributed by atoms with Crippen molar-refractivity contribution in [1.82, 2.24) is 5.32 Å². The maximum atomic E-state index is 13.2. The predicted molar refractivity (Wildman–Crippen MR) is 134 cm³/mol. The van der Waals surface area contributed by atoms with Crippen molar-refractivity contribution in [2.45, 2.75) is 59.0 Å². The molecule has 0 aromatic heterocycles. The third-order valence-electron chi connectivity index (χ3n) is 6.24. The molecule has 0 spiro atoms. The number of benzene rings is 2. The highest BCUT2D eigenvalue weighted by Crippen LogP contribution is 2.36. The Kier molecular flexibility index (Phi) is 8.27. The number of carbonyl (C=O) groups excluding carboxylic acids is 3. The summed E-state index contributed by atoms with van der Waals surface area (Å²) in [6.45, 7) is 7.80. The molecule has 0 fully saturated rings. The van der Waals surface area contributed by atoms with Crippen LogP contribution in [0.5, 0.6) is 0 Å². The molecule has 0 aliphatic carbocycles. The molecule has 3 unspecified atom stereocenters. The molecule has 3 rings (SSSR count). The quantitative estimate of drug-likeness (QED) is 0.505. The second-order valence-electron chi connectivity index (χ2n) is 9.47. The van der Waals surface area contributed by atoms with Crippen LogP contribution in [0.2, 0.25) is 0 Å². The average Bonchev–Trinajstić information content (AvgIpc) is 2.81. The molecule has 0 saturated heterocycles. The molecule has 35 heavy (non-hydrogen) atoms. The number of nitrogens with zero attached hydrogens (tertiary/aromatic N) is 1. The molecule has 8 heteroatoms. The summed E-state index contributed by atoms with van der Waals surface area (Å²) in [4.78, 5) is 52.4. The van der Waals surface area contributed by atoms with Crippen LogP contribution in [-0.4, -0.2) is 40.9 Å². The number of nitrogens with one attached hydrogen (secondary N) is 2. The molecule has 1 aliphatic heterocycles. The number of amides is 3. The second kappa shape index (κ2) is 11.2. The molecule has 2 aromatic rings. The highest BCUT2D eigenvalue weighted by Gasteiger charge is 2.39. The van der Waals surface area contributed by atoms with E-state index in [1.165, 1.54) is 6.07 Å². The Hall–Kier alpha value is -3.68. The second-order valence-corrected chi connectivity index (χ2v) is 9.47. The van der Waals surface area contributed by atoms with Gasteiger partial charge in [0.2, 0.25) is 11.8 Å². The number of rotatable bonds is 9. The molecular weight excluding hydrogens is 446 g/mol. The van der Waals surface area contributed by atoms with E-state index in [0.717, 1.165) is 12.0 Å². The first-order valence-corrected chi connectivity index (χ1v) is 12.0. The Morgan fingerprint density at radius 3 is 2.37 bits per heavy atom. The normalized spacial score (nSPS) is 16.8. The summed E-state index contributed by atoms with van der Waals surface area (Å²) in [7, 11) is 0. The Morgan fingerprint density at radius 1 is 1.09 bits per heavy atom. The highest BCUT2D eigenvalue weighted by molar-refractivity contribution is 6.13. The van der Waals surface area contributed by atoms with Crippen LogP contribution in [0, 0.1) is 11.8 Å². The average molecular weight is 480 g/mol. The van der Waals surface area contributed by atoms with Crippen molar-refractivity contribution in [3.05, 3.63) is 59.7 Å². The first-order valence-electron chi connectivity index (χ1n) is 12.0. The van der Waals surface area contributed by atoms with Crippen molar-refractivity contribution < 1.29 is 24.3 Å². The Bertz CT molecular complexity index is 1100. The Labute approximate surface area is 205 Å². The summed E-state index contributed by atoms with van der Waals surface area (Å²) in [6, 6.07) is 12.0. The minimum Gasteiger partial charge on any atom is -0.480 e. The largest absolute Gasteiger partial charge is 0.480 e. The number of aliphatic carboxylic acids is 1. The van der Waals surface area contributed by atoms with E-state index < -0.39 is 24.0 Å². The van der Waals surface area contributed by atoms with Gasteiger partial charge in [0.1, 0.15) is 12.1 Å². The van der Waals surface area contributed by atoms with Crippen LogP contribution in [-0.2, 0) is 20.8 Å². The van der Waals surface area contributed by atoms with Gasteiger partial charge in [0.05, 0.1) is 11.4 Å². The lowest BCUT2D eigenvalue weighted by Crippen LogP contribution is -2.54. The van der Waals surface area contributed by atoms with Gasteiger partial charge in [0.15, 0.2) is 0 Å². The summed E-state index contributed by atoms with van der Waals surface area (Å²) in [6.07, 6.45) is 1.15. The molecule has 0 radical (unpaired) electrons. The monoisotopic (exact) mass is 479 g/mol. The van der Waals surface area contributed by atoms with Crippen LogP contribution in [0.3, 0.4) is 0 Å². The first kappa shape index (κ1) is 25.9. The molecule has 3 atom stereocenters. The highest BCUT2D eigenvalue weighted by atomic mass is 16.4. The number of anilines is 2. The Balaban J connectivity index is 1.89. The van der Waals surface area contributed by atoms with Crippen molar-refractivity contribution in [1.29, 1.82) is 0 Å². The molecule has 8 nitrogen and oxygen atoms in total. The van der Waals surface area contributed by atoms with Crippen LogP contribution >= 0.6 is 0 Å². The molecule has 3 amide bonds. The molecule has 2 aromatic carbocycles. The van der Waals surface area contributed by atoms with E-state index in [1.807, 2.05) is 33.8 Å². The molecule has 0 saturated carbocycles. The Morgan fingerprint density at radius 2 is 1.77 bits per heavy atom. The lowest BCUT2D eigenvalue weighted by Gasteiger charge is -2.39. The van der Waals surface area contributed by atoms with E-state index in [2.05, 4.69) is 10.6 Å². The summed E-state index contributed by atoms with van der Waals surface area (Å²) < 4.78 is 0. The topological polar surface area (TPSA) is 116 Å². The van der Waals surface area contributed by atoms with E-state index in [4.69, 9.17) is 0 Å². The van der Waals surface area contributed by atoms with Gasteiger partial charge in [0, 0.05) is 18.4 Å². The fraction of sp³-hybridized carbons (Fsp3) is 0.407. The number of fused-ring (bicyclic) bond motifs is 1. The minimum absolute atomic E-state index is 0.0588. The molecule has 0 bridgehead atoms. The number of hydrogen-bond donors (Lipinski definition) is 3. The maximum Gasteiger partial charge on any atom is 0.326 e. The van der Waals surface area contributed by atoms with Crippen molar-refractivity contribution >= 4 is 35.1 Å². The third-order valence-corrected chi connectivity index (χ3v) is 6.24. The summed E-state index contributed by atoms with van der Waals surface area (Å²) in [5.74, 6) is -2.10. The molecular formula is C27H33N3O5. The third kappa shape index (κ3) is 6.07. The fourth-order valence-electron chi connectivity index (χ4n) is 4.23. The van der Waals surface area contributed by atoms with Crippen LogP contribution in [0.4, 0.5) is 11.4 Å². The zero-order chi connectivity index (χ0) is 25.7. The van der Waals surface area contributed by atoms with E-state index in [9.17, 15) is 24.3 Å². The van der Waals surface area contributed by atoms with Gasteiger partial charge in [-0.3, -0.25) is 19.3 Å². The number of carboxylic acids is 1. The van der Waals surface area contributed by atoms with Crippen molar-refractivity contribution in [3.8, 4) is 0 Å². The summed E-state index contributed by atoms with van der Waals surface area (Å²) in [5, 5.41) is 15.0. The van der Waals surface area contributed by atoms with E-state index in [1.54, 1.807) is 41.3 Å². The number of hydrogen-bond acceptors (Lipinski definition) is 4. The fourth-order valence-corrected chi connectivity index (χ4v) is 4.23. The van der Waals surface area contributed by atoms with Gasteiger partial charge in [-0.1, -0.05) is 64.4 Å². The van der Waals surface area contributed by atoms with E-state index in [-0.39, 0.29) is 35.6 Å². The van der Waals surface area contributed by atoms with Gasteiger partial charge in [-0.2, -0.15) is 0 Å². The first-order chi connectivity index (χ1) is 16.6. The number of carboxylic acid groups (broad SMARTS) is 1. The van der Waals surface area contributed by atoms with Crippen LogP contribution < -0.4 is 15.5 Å². The number of carbonyl (C=O) groups is 4. The zero-order valence-corrected chi connectivity index (χ0v) is 20.6. The smallest absolute Gasteiger partial charge is 0.326 e. The standard InChI is InChI=1S/C27H33N3O5/c1-5-17(4)24-26(33)28-20-15-19(11-12-22(20)30(24)23(31)13-16(2)3)25(32)29-21(27(34)35)14-18-9-7-6-8-10-18/h6-12,15-17,21,24H,5,13-14H2,1-4H3,(H,28,33)(H,29,32)(H,34,35). The van der Waals surface area contributed by atoms with Crippen LogP contribution in [0.1, 0.15) is 56.5 Å². The molecule has 186 valence electrons. The van der Waals surface area contributed by atoms with Gasteiger partial charge >= 0.3 is 5.97 Å². The van der Waals surface area contributed by atoms with Gasteiger partial charge in [-0.05, 0) is 35.6 Å². The van der Waals surface area contributed by atoms with Gasteiger partial charge < -0.3 is 15.7 Å². The van der Waals surface area contributed by atoms with E-state index >= 15 is 0 Å². The van der Waals surface area contributed by atoms with Gasteiger partial charge in [0.25, 0.3) is 5.91 Å². The van der Waals surface area contributed by atoms with Crippen LogP contribution in [0.25, 0.3) is 0 Å². The minimum atomic E-state index is -1.14. The van der Waals surface area contributed by atoms with Crippen molar-refractivity contribution in [2.75, 3.05) is 10.2 Å². The SMILES string of the molecule is CCC(C)C1C(=O)Nc2cc(C(=O)NC(Cc3ccccc3)C(=O)O)ccc2N1C(=O)CC(C)C. The lowest BCUT2D eigenvalue weighted by atomic mass is 9.92. The van der Waals surface area contributed by atoms with Crippen molar-refractivity contribution in [3.63, 3.8) is 0 Å². The van der Waals surface area contributed by atoms with E-state index in [0.29, 0.717) is 17.8 Å². The van der Waals surface area contributed by atoms with Crippen molar-refractivity contribution in [2.24, 2.45) is 11.8 Å². The van der Waals surface area contributed by atoms with Crippen LogP contribution in [0.15, 0.2) is 48.5 Å². The molecule has 1 aliphatic rings. The maximum absolute atomic E-state index is 13.2. The zero-order valence-electron chi connectivity index (χ0n) is 20.6. The molecule has 3 N–H and O–H groups in total. The lowest BCUT2D eigenvalue weighted by molar-refractivity contribution is -0.139. The van der Waals surface area contributed by atoms with Gasteiger partial charge in [-0.15, -0.1) is 0 Å².